The smallest absolute Gasteiger partial charge is 0.305 e. The summed E-state index contributed by atoms with van der Waals surface area (Å²) in [4.78, 5) is 65.7. The molecule has 1 atom stereocenters. The third-order valence-corrected chi connectivity index (χ3v) is 12.4. The van der Waals surface area contributed by atoms with Gasteiger partial charge in [0.1, 0.15) is 19.8 Å². The number of aliphatic hydroxyl groups excluding tert-OH is 1. The minimum atomic E-state index is -0.497. The van der Waals surface area contributed by atoms with Crippen LogP contribution >= 0.6 is 0 Å². The van der Waals surface area contributed by atoms with Crippen molar-refractivity contribution in [1.29, 1.82) is 0 Å². The van der Waals surface area contributed by atoms with Gasteiger partial charge in [-0.15, -0.1) is 0 Å². The average Bonchev–Trinajstić information content (AvgIpc) is 3.26. The van der Waals surface area contributed by atoms with Gasteiger partial charge in [-0.1, -0.05) is 143 Å². The zero-order chi connectivity index (χ0) is 46.7. The van der Waals surface area contributed by atoms with E-state index in [0.717, 1.165) is 129 Å². The van der Waals surface area contributed by atoms with Gasteiger partial charge in [0.2, 0.25) is 0 Å². The lowest BCUT2D eigenvalue weighted by atomic mass is 9.91. The van der Waals surface area contributed by atoms with Crippen LogP contribution in [0.2, 0.25) is 0 Å². The third kappa shape index (κ3) is 35.5. The van der Waals surface area contributed by atoms with Crippen LogP contribution in [0.3, 0.4) is 0 Å². The molecular formula is C52H95NO11. The van der Waals surface area contributed by atoms with Gasteiger partial charge in [-0.3, -0.25) is 28.9 Å². The zero-order valence-electron chi connectivity index (χ0n) is 41.2. The van der Waals surface area contributed by atoms with E-state index in [4.69, 9.17) is 23.7 Å². The van der Waals surface area contributed by atoms with Crippen molar-refractivity contribution in [2.75, 3.05) is 52.7 Å². The Hall–Kier alpha value is -2.73. The van der Waals surface area contributed by atoms with Gasteiger partial charge in [-0.2, -0.15) is 0 Å². The van der Waals surface area contributed by atoms with Crippen LogP contribution in [0.5, 0.6) is 0 Å². The van der Waals surface area contributed by atoms with E-state index in [1.807, 2.05) is 0 Å². The molecule has 0 amide bonds. The third-order valence-electron chi connectivity index (χ3n) is 12.4. The zero-order valence-corrected chi connectivity index (χ0v) is 41.2. The molecule has 1 aliphatic carbocycles. The van der Waals surface area contributed by atoms with Crippen LogP contribution in [0.4, 0.5) is 0 Å². The highest BCUT2D eigenvalue weighted by molar-refractivity contribution is 5.71. The van der Waals surface area contributed by atoms with Gasteiger partial charge in [-0.25, -0.2) is 0 Å². The number of hydrogen-bond acceptors (Lipinski definition) is 12. The first-order valence-corrected chi connectivity index (χ1v) is 26.3. The maximum Gasteiger partial charge on any atom is 0.305 e. The van der Waals surface area contributed by atoms with Crippen molar-refractivity contribution < 1.29 is 52.8 Å². The first kappa shape index (κ1) is 59.3. The number of ether oxygens (including phenoxy) is 5. The summed E-state index contributed by atoms with van der Waals surface area (Å²) >= 11 is 0. The summed E-state index contributed by atoms with van der Waals surface area (Å²) < 4.78 is 28.0. The number of carbonyl (C=O) groups excluding carboxylic acids is 5. The predicted octanol–water partition coefficient (Wildman–Crippen LogP) is 11.5. The molecule has 0 bridgehead atoms. The molecule has 0 radical (unpaired) electrons. The van der Waals surface area contributed by atoms with Crippen molar-refractivity contribution in [2.45, 2.75) is 239 Å². The summed E-state index contributed by atoms with van der Waals surface area (Å²) in [7, 11) is 0. The van der Waals surface area contributed by atoms with E-state index in [9.17, 15) is 29.1 Å². The summed E-state index contributed by atoms with van der Waals surface area (Å²) in [6.07, 6.45) is 30.3. The minimum Gasteiger partial charge on any atom is -0.465 e. The van der Waals surface area contributed by atoms with E-state index in [2.05, 4.69) is 25.7 Å². The molecule has 374 valence electrons. The molecule has 1 saturated carbocycles. The van der Waals surface area contributed by atoms with Crippen molar-refractivity contribution >= 4 is 29.8 Å². The SMILES string of the molecule is CCCCCCCCCCC(=O)OCC(COC(=O)CCCCCCCN(CCO)C1CCC1)COC(=O)CCCC(COC(=O)CCCCCCC)COC(=O)CCCCCCC. The summed E-state index contributed by atoms with van der Waals surface area (Å²) in [6, 6.07) is 0.628. The lowest BCUT2D eigenvalue weighted by molar-refractivity contribution is -0.155. The number of nitrogens with zero attached hydrogens (tertiary/aromatic N) is 1. The largest absolute Gasteiger partial charge is 0.465 e. The van der Waals surface area contributed by atoms with Crippen molar-refractivity contribution in [3.63, 3.8) is 0 Å². The average molecular weight is 910 g/mol. The van der Waals surface area contributed by atoms with Gasteiger partial charge in [0, 0.05) is 50.6 Å². The second kappa shape index (κ2) is 42.9. The normalized spacial score (nSPS) is 13.2. The van der Waals surface area contributed by atoms with Crippen molar-refractivity contribution in [3.05, 3.63) is 0 Å². The molecule has 1 rings (SSSR count). The lowest BCUT2D eigenvalue weighted by Crippen LogP contribution is -2.42. The predicted molar refractivity (Wildman–Crippen MR) is 254 cm³/mol. The van der Waals surface area contributed by atoms with Gasteiger partial charge in [0.25, 0.3) is 0 Å². The maximum absolute atomic E-state index is 13.0. The molecule has 64 heavy (non-hydrogen) atoms. The van der Waals surface area contributed by atoms with Crippen LogP contribution in [0.1, 0.15) is 233 Å². The van der Waals surface area contributed by atoms with E-state index in [1.54, 1.807) is 0 Å². The molecule has 12 nitrogen and oxygen atoms in total. The van der Waals surface area contributed by atoms with Gasteiger partial charge < -0.3 is 28.8 Å². The highest BCUT2D eigenvalue weighted by Crippen LogP contribution is 2.25. The Morgan fingerprint density at radius 1 is 0.422 bits per heavy atom. The van der Waals surface area contributed by atoms with E-state index >= 15 is 0 Å². The number of carbonyl (C=O) groups is 5. The first-order valence-electron chi connectivity index (χ1n) is 26.3. The Labute approximate surface area is 389 Å². The molecule has 0 heterocycles. The fourth-order valence-electron chi connectivity index (χ4n) is 7.93. The number of hydrogen-bond donors (Lipinski definition) is 1. The van der Waals surface area contributed by atoms with E-state index in [1.165, 1.54) is 51.4 Å². The molecule has 0 saturated heterocycles. The summed E-state index contributed by atoms with van der Waals surface area (Å²) in [5, 5.41) is 9.40. The fourth-order valence-corrected chi connectivity index (χ4v) is 7.93. The highest BCUT2D eigenvalue weighted by Gasteiger charge is 2.24. The summed E-state index contributed by atoms with van der Waals surface area (Å²) in [5.74, 6) is -2.31. The Balaban J connectivity index is 2.61. The summed E-state index contributed by atoms with van der Waals surface area (Å²) in [5.41, 5.74) is 0. The standard InChI is InChI=1S/C52H95NO11/c1-4-7-10-13-14-15-19-24-34-50(57)62-42-46(43-63-51(58)35-25-20-16-21-26-37-53(38-39-54)47-30-28-31-47)44-64-52(59)36-27-29-45(40-60-48(55)32-22-17-11-8-5-2)41-61-49(56)33-23-18-12-9-6-3/h45-47,54H,4-44H2,1-3H3. The quantitative estimate of drug-likeness (QED) is 0.0351. The van der Waals surface area contributed by atoms with Crippen molar-refractivity contribution in [1.82, 2.24) is 4.90 Å². The number of unbranched alkanes of at least 4 members (excludes halogenated alkanes) is 19. The van der Waals surface area contributed by atoms with Gasteiger partial charge >= 0.3 is 29.8 Å². The van der Waals surface area contributed by atoms with Gasteiger partial charge in [-0.05, 0) is 64.3 Å². The molecule has 1 N–H and O–H groups in total. The Kier molecular flexibility index (Phi) is 39.7. The number of esters is 5. The molecular weight excluding hydrogens is 815 g/mol. The monoisotopic (exact) mass is 910 g/mol. The van der Waals surface area contributed by atoms with Crippen LogP contribution in [0.25, 0.3) is 0 Å². The lowest BCUT2D eigenvalue weighted by Gasteiger charge is -2.37. The van der Waals surface area contributed by atoms with Crippen LogP contribution in [0, 0.1) is 11.8 Å². The maximum atomic E-state index is 13.0. The van der Waals surface area contributed by atoms with E-state index < -0.39 is 11.9 Å². The van der Waals surface area contributed by atoms with Crippen molar-refractivity contribution in [2.24, 2.45) is 11.8 Å². The van der Waals surface area contributed by atoms with Crippen LogP contribution in [0.15, 0.2) is 0 Å². The molecule has 1 unspecified atom stereocenters. The van der Waals surface area contributed by atoms with E-state index in [-0.39, 0.29) is 75.9 Å². The molecule has 1 aliphatic rings. The summed E-state index contributed by atoms with van der Waals surface area (Å²) in [6.45, 7) is 8.62. The van der Waals surface area contributed by atoms with Crippen LogP contribution < -0.4 is 0 Å². The topological polar surface area (TPSA) is 155 Å². The number of aliphatic hydroxyl groups is 1. The molecule has 0 aromatic heterocycles. The minimum absolute atomic E-state index is 0.0133. The molecule has 0 spiro atoms. The van der Waals surface area contributed by atoms with Crippen LogP contribution in [-0.4, -0.2) is 98.6 Å². The first-order chi connectivity index (χ1) is 31.2. The Morgan fingerprint density at radius 2 is 0.734 bits per heavy atom. The second-order valence-corrected chi connectivity index (χ2v) is 18.5. The molecule has 0 aromatic rings. The van der Waals surface area contributed by atoms with Crippen LogP contribution in [-0.2, 0) is 47.7 Å². The molecule has 0 aliphatic heterocycles. The van der Waals surface area contributed by atoms with Crippen molar-refractivity contribution in [3.8, 4) is 0 Å². The highest BCUT2D eigenvalue weighted by atomic mass is 16.6. The van der Waals surface area contributed by atoms with Gasteiger partial charge in [0.05, 0.1) is 25.7 Å². The Morgan fingerprint density at radius 3 is 1.06 bits per heavy atom. The molecule has 0 aromatic carbocycles. The molecule has 12 heteroatoms. The number of rotatable bonds is 46. The molecule has 1 fully saturated rings. The fraction of sp³-hybridized carbons (Fsp3) is 0.904. The Bertz CT molecular complexity index is 1130. The van der Waals surface area contributed by atoms with Gasteiger partial charge in [0.15, 0.2) is 0 Å². The second-order valence-electron chi connectivity index (χ2n) is 18.5. The van der Waals surface area contributed by atoms with E-state index in [0.29, 0.717) is 44.6 Å².